The molecule has 0 aliphatic carbocycles. The number of amides is 1. The third-order valence-corrected chi connectivity index (χ3v) is 3.60. The molecule has 0 unspecified atom stereocenters. The van der Waals surface area contributed by atoms with Crippen LogP contribution in [-0.2, 0) is 11.3 Å². The number of halogens is 2. The normalized spacial score (nSPS) is 11.1. The van der Waals surface area contributed by atoms with Crippen LogP contribution in [0.4, 0.5) is 14.5 Å². The number of aromatic nitrogens is 1. The minimum atomic E-state index is -2.95. The van der Waals surface area contributed by atoms with Crippen LogP contribution in [0.25, 0.3) is 0 Å². The Kier molecular flexibility index (Phi) is 8.61. The van der Waals surface area contributed by atoms with Gasteiger partial charge in [0, 0.05) is 18.3 Å². The minimum Gasteiger partial charge on any atom is -0.497 e. The summed E-state index contributed by atoms with van der Waals surface area (Å²) in [7, 11) is 1.47. The standard InChI is InChI=1S/C19H23F2N5O3/c1-3-23-19(25-12-17(27)26-14-5-4-8-22-11-14)24-10-13-9-15(28-2)6-7-16(13)29-18(20)21/h4-9,11,18H,3,10,12H2,1-2H3,(H,26,27)(H2,23,24,25). The molecular formula is C19H23F2N5O3. The monoisotopic (exact) mass is 407 g/mol. The van der Waals surface area contributed by atoms with E-state index in [9.17, 15) is 13.6 Å². The molecule has 0 bridgehead atoms. The first-order valence-electron chi connectivity index (χ1n) is 8.85. The maximum atomic E-state index is 12.6. The molecule has 0 aliphatic rings. The molecule has 10 heteroatoms. The van der Waals surface area contributed by atoms with Gasteiger partial charge in [0.1, 0.15) is 11.5 Å². The van der Waals surface area contributed by atoms with Crippen molar-refractivity contribution in [3.05, 3.63) is 48.3 Å². The number of ether oxygens (including phenoxy) is 2. The number of carbonyl (C=O) groups is 1. The molecule has 156 valence electrons. The van der Waals surface area contributed by atoms with Crippen LogP contribution in [0.1, 0.15) is 12.5 Å². The molecule has 2 aromatic rings. The van der Waals surface area contributed by atoms with Crippen LogP contribution in [0.2, 0.25) is 0 Å². The number of nitrogens with zero attached hydrogens (tertiary/aromatic N) is 2. The lowest BCUT2D eigenvalue weighted by Gasteiger charge is -2.13. The molecule has 0 aliphatic heterocycles. The summed E-state index contributed by atoms with van der Waals surface area (Å²) in [6.07, 6.45) is 3.14. The molecule has 0 saturated carbocycles. The second-order valence-electron chi connectivity index (χ2n) is 5.69. The number of hydrogen-bond donors (Lipinski definition) is 3. The first kappa shape index (κ1) is 21.9. The van der Waals surface area contributed by atoms with Crippen LogP contribution in [0.15, 0.2) is 47.7 Å². The minimum absolute atomic E-state index is 0.00900. The van der Waals surface area contributed by atoms with Crippen molar-refractivity contribution in [1.29, 1.82) is 0 Å². The van der Waals surface area contributed by atoms with Crippen molar-refractivity contribution >= 4 is 17.6 Å². The van der Waals surface area contributed by atoms with E-state index in [0.29, 0.717) is 29.5 Å². The highest BCUT2D eigenvalue weighted by Crippen LogP contribution is 2.26. The largest absolute Gasteiger partial charge is 0.497 e. The summed E-state index contributed by atoms with van der Waals surface area (Å²) in [5, 5.41) is 8.57. The highest BCUT2D eigenvalue weighted by Gasteiger charge is 2.11. The molecule has 0 atom stereocenters. The number of methoxy groups -OCH3 is 1. The SMILES string of the molecule is CCNC(=NCc1cc(OC)ccc1OC(F)F)NCC(=O)Nc1cccnc1. The lowest BCUT2D eigenvalue weighted by molar-refractivity contribution is -0.115. The van der Waals surface area contributed by atoms with E-state index in [0.717, 1.165) is 0 Å². The molecular weight excluding hydrogens is 384 g/mol. The number of anilines is 1. The maximum Gasteiger partial charge on any atom is 0.387 e. The summed E-state index contributed by atoms with van der Waals surface area (Å²) >= 11 is 0. The molecule has 29 heavy (non-hydrogen) atoms. The second kappa shape index (κ2) is 11.4. The number of guanidine groups is 1. The van der Waals surface area contributed by atoms with Crippen LogP contribution in [0.3, 0.4) is 0 Å². The van der Waals surface area contributed by atoms with E-state index < -0.39 is 6.61 Å². The molecule has 0 radical (unpaired) electrons. The van der Waals surface area contributed by atoms with E-state index in [1.165, 1.54) is 25.4 Å². The molecule has 2 rings (SSSR count). The number of benzene rings is 1. The zero-order chi connectivity index (χ0) is 21.1. The van der Waals surface area contributed by atoms with Crippen molar-refractivity contribution in [1.82, 2.24) is 15.6 Å². The van der Waals surface area contributed by atoms with E-state index in [2.05, 4.69) is 30.7 Å². The summed E-state index contributed by atoms with van der Waals surface area (Å²) in [5.41, 5.74) is 0.994. The number of nitrogens with one attached hydrogen (secondary N) is 3. The Hall–Kier alpha value is -3.43. The van der Waals surface area contributed by atoms with Gasteiger partial charge < -0.3 is 25.4 Å². The van der Waals surface area contributed by atoms with Gasteiger partial charge in [0.25, 0.3) is 0 Å². The Balaban J connectivity index is 2.03. The van der Waals surface area contributed by atoms with Crippen LogP contribution in [0.5, 0.6) is 11.5 Å². The molecule has 0 fully saturated rings. The number of hydrogen-bond acceptors (Lipinski definition) is 5. The van der Waals surface area contributed by atoms with Gasteiger partial charge in [0.15, 0.2) is 5.96 Å². The van der Waals surface area contributed by atoms with E-state index in [4.69, 9.17) is 4.74 Å². The fourth-order valence-electron chi connectivity index (χ4n) is 2.33. The molecule has 0 spiro atoms. The van der Waals surface area contributed by atoms with E-state index >= 15 is 0 Å². The molecule has 8 nitrogen and oxygen atoms in total. The van der Waals surface area contributed by atoms with E-state index in [1.807, 2.05) is 6.92 Å². The van der Waals surface area contributed by atoms with Crippen LogP contribution in [0, 0.1) is 0 Å². The smallest absolute Gasteiger partial charge is 0.387 e. The fourth-order valence-corrected chi connectivity index (χ4v) is 2.33. The van der Waals surface area contributed by atoms with Crippen molar-refractivity contribution in [3.63, 3.8) is 0 Å². The van der Waals surface area contributed by atoms with Crippen LogP contribution >= 0.6 is 0 Å². The number of rotatable bonds is 9. The third-order valence-electron chi connectivity index (χ3n) is 3.60. The predicted octanol–water partition coefficient (Wildman–Crippen LogP) is 2.39. The summed E-state index contributed by atoms with van der Waals surface area (Å²) in [4.78, 5) is 20.3. The number of pyridine rings is 1. The average Bonchev–Trinajstić information content (AvgIpc) is 2.71. The summed E-state index contributed by atoms with van der Waals surface area (Å²) < 4.78 is 34.9. The average molecular weight is 407 g/mol. The van der Waals surface area contributed by atoms with Crippen LogP contribution < -0.4 is 25.4 Å². The zero-order valence-electron chi connectivity index (χ0n) is 16.1. The van der Waals surface area contributed by atoms with Gasteiger partial charge in [-0.2, -0.15) is 8.78 Å². The molecule has 1 aromatic heterocycles. The van der Waals surface area contributed by atoms with Gasteiger partial charge in [0.2, 0.25) is 5.91 Å². The Morgan fingerprint density at radius 2 is 2.10 bits per heavy atom. The molecule has 1 aromatic carbocycles. The summed E-state index contributed by atoms with van der Waals surface area (Å²) in [6, 6.07) is 7.92. The zero-order valence-corrected chi connectivity index (χ0v) is 16.1. The lowest BCUT2D eigenvalue weighted by Crippen LogP contribution is -2.41. The Labute approximate surface area is 167 Å². The predicted molar refractivity (Wildman–Crippen MR) is 105 cm³/mol. The van der Waals surface area contributed by atoms with E-state index in [1.54, 1.807) is 24.4 Å². The quantitative estimate of drug-likeness (QED) is 0.436. The molecule has 1 amide bonds. The van der Waals surface area contributed by atoms with Crippen molar-refractivity contribution < 1.29 is 23.0 Å². The fraction of sp³-hybridized carbons (Fsp3) is 0.316. The topological polar surface area (TPSA) is 96.9 Å². The van der Waals surface area contributed by atoms with Crippen molar-refractivity contribution in [2.75, 3.05) is 25.5 Å². The first-order chi connectivity index (χ1) is 14.0. The van der Waals surface area contributed by atoms with Crippen molar-refractivity contribution in [2.45, 2.75) is 20.1 Å². The lowest BCUT2D eigenvalue weighted by atomic mass is 10.2. The summed E-state index contributed by atoms with van der Waals surface area (Å²) in [6.45, 7) is -0.537. The Morgan fingerprint density at radius 1 is 1.28 bits per heavy atom. The second-order valence-corrected chi connectivity index (χ2v) is 5.69. The van der Waals surface area contributed by atoms with Crippen LogP contribution in [-0.4, -0.2) is 43.7 Å². The maximum absolute atomic E-state index is 12.6. The van der Waals surface area contributed by atoms with Gasteiger partial charge in [0.05, 0.1) is 32.1 Å². The van der Waals surface area contributed by atoms with Crippen molar-refractivity contribution in [3.8, 4) is 11.5 Å². The van der Waals surface area contributed by atoms with Gasteiger partial charge in [-0.3, -0.25) is 9.78 Å². The number of carbonyl (C=O) groups excluding carboxylic acids is 1. The summed E-state index contributed by atoms with van der Waals surface area (Å²) in [5.74, 6) is 0.562. The van der Waals surface area contributed by atoms with Gasteiger partial charge in [-0.15, -0.1) is 0 Å². The highest BCUT2D eigenvalue weighted by atomic mass is 19.3. The van der Waals surface area contributed by atoms with E-state index in [-0.39, 0.29) is 24.7 Å². The van der Waals surface area contributed by atoms with Crippen molar-refractivity contribution in [2.24, 2.45) is 4.99 Å². The van der Waals surface area contributed by atoms with Gasteiger partial charge >= 0.3 is 6.61 Å². The first-order valence-corrected chi connectivity index (χ1v) is 8.85. The highest BCUT2D eigenvalue weighted by molar-refractivity contribution is 5.94. The Morgan fingerprint density at radius 3 is 2.76 bits per heavy atom. The van der Waals surface area contributed by atoms with Gasteiger partial charge in [-0.05, 0) is 37.3 Å². The van der Waals surface area contributed by atoms with Gasteiger partial charge in [-0.25, -0.2) is 4.99 Å². The number of aliphatic imine (C=N–C) groups is 1. The third kappa shape index (κ3) is 7.60. The number of alkyl halides is 2. The molecule has 1 heterocycles. The Bertz CT molecular complexity index is 819. The molecule has 3 N–H and O–H groups in total. The molecule has 0 saturated heterocycles. The van der Waals surface area contributed by atoms with Gasteiger partial charge in [-0.1, -0.05) is 0 Å².